The summed E-state index contributed by atoms with van der Waals surface area (Å²) in [6.07, 6.45) is 9.28. The van der Waals surface area contributed by atoms with Gasteiger partial charge in [0.2, 0.25) is 0 Å². The van der Waals surface area contributed by atoms with Crippen LogP contribution in [0.3, 0.4) is 0 Å². The number of benzene rings is 2. The van der Waals surface area contributed by atoms with E-state index in [4.69, 9.17) is 4.42 Å². The largest absolute Gasteiger partial charge is 0.450 e. The number of imide groups is 2. The van der Waals surface area contributed by atoms with E-state index in [9.17, 15) is 14.4 Å². The number of hydrogen-bond donors (Lipinski definition) is 1. The Morgan fingerprint density at radius 3 is 2.15 bits per heavy atom. The fourth-order valence-electron chi connectivity index (χ4n) is 7.65. The topological polar surface area (TPSA) is 79.6 Å². The Labute approximate surface area is 231 Å². The van der Waals surface area contributed by atoms with E-state index in [0.717, 1.165) is 27.5 Å². The summed E-state index contributed by atoms with van der Waals surface area (Å²) in [4.78, 5) is 40.9. The van der Waals surface area contributed by atoms with Crippen LogP contribution in [0, 0.1) is 24.7 Å². The summed E-state index contributed by atoms with van der Waals surface area (Å²) in [5, 5.41) is 2.96. The molecule has 1 aliphatic heterocycles. The third kappa shape index (κ3) is 4.42. The molecule has 2 heterocycles. The number of barbiturate groups is 1. The van der Waals surface area contributed by atoms with Gasteiger partial charge in [-0.3, -0.25) is 14.9 Å². The fourth-order valence-corrected chi connectivity index (χ4v) is 8.43. The molecule has 3 aromatic rings. The van der Waals surface area contributed by atoms with Crippen LogP contribution in [0.25, 0.3) is 6.08 Å². The molecule has 1 N–H and O–H groups in total. The van der Waals surface area contributed by atoms with Crippen LogP contribution in [0.5, 0.6) is 0 Å². The fraction of sp³-hybridized carbons (Fsp3) is 0.344. The lowest BCUT2D eigenvalue weighted by Gasteiger charge is -2.57. The first-order valence-corrected chi connectivity index (χ1v) is 14.5. The number of urea groups is 1. The van der Waals surface area contributed by atoms with Crippen molar-refractivity contribution in [2.24, 2.45) is 17.8 Å². The number of hydrogen-bond acceptors (Lipinski definition) is 5. The van der Waals surface area contributed by atoms with Gasteiger partial charge in [0.1, 0.15) is 11.3 Å². The summed E-state index contributed by atoms with van der Waals surface area (Å²) in [5.41, 5.74) is 3.04. The molecule has 5 fully saturated rings. The normalized spacial score (nSPS) is 28.8. The van der Waals surface area contributed by atoms with E-state index >= 15 is 0 Å². The van der Waals surface area contributed by atoms with Gasteiger partial charge in [-0.25, -0.2) is 9.69 Å². The van der Waals surface area contributed by atoms with E-state index in [-0.39, 0.29) is 11.0 Å². The quantitative estimate of drug-likeness (QED) is 0.283. The summed E-state index contributed by atoms with van der Waals surface area (Å²) in [7, 11) is 0. The zero-order valence-corrected chi connectivity index (χ0v) is 22.6. The molecule has 198 valence electrons. The van der Waals surface area contributed by atoms with Gasteiger partial charge in [-0.1, -0.05) is 41.6 Å². The van der Waals surface area contributed by atoms with Crippen molar-refractivity contribution >= 4 is 41.4 Å². The van der Waals surface area contributed by atoms with Crippen molar-refractivity contribution in [3.8, 4) is 0 Å². The predicted molar refractivity (Wildman–Crippen MR) is 149 cm³/mol. The molecule has 6 nitrogen and oxygen atoms in total. The Kier molecular flexibility index (Phi) is 5.81. The molecule has 4 amide bonds. The van der Waals surface area contributed by atoms with Crippen molar-refractivity contribution in [1.29, 1.82) is 0 Å². The molecule has 39 heavy (non-hydrogen) atoms. The number of carbonyl (C=O) groups is 3. The molecular formula is C32H30N2O4S. The highest BCUT2D eigenvalue weighted by Gasteiger charge is 2.51. The van der Waals surface area contributed by atoms with Crippen molar-refractivity contribution in [3.05, 3.63) is 83.1 Å². The van der Waals surface area contributed by atoms with E-state index < -0.39 is 17.8 Å². The molecule has 4 saturated carbocycles. The summed E-state index contributed by atoms with van der Waals surface area (Å²) in [6, 6.07) is 18.7. The maximum atomic E-state index is 13.4. The number of aryl methyl sites for hydroxylation is 1. The molecule has 0 unspecified atom stereocenters. The standard InChI is InChI=1S/C32H30N2O4S/c1-19-2-9-26(10-3-19)39-28-11-8-25(38-28)15-27-29(35)33-31(37)34(30(27)36)24-6-4-23(5-7-24)32-16-20-12-21(17-32)14-22(13-20)18-32/h2-11,15,20-22H,12-14,16-18H2,1H3,(H,33,35,37)/b27-15+. The first-order valence-electron chi connectivity index (χ1n) is 13.7. The average Bonchev–Trinajstić information content (AvgIpc) is 3.34. The Morgan fingerprint density at radius 1 is 0.872 bits per heavy atom. The maximum Gasteiger partial charge on any atom is 0.335 e. The SMILES string of the molecule is Cc1ccc(Sc2ccc(/C=C3\C(=O)NC(=O)N(c4ccc(C56CC7CC(CC(C7)C5)C6)cc4)C3=O)o2)cc1. The lowest BCUT2D eigenvalue weighted by molar-refractivity contribution is -0.122. The van der Waals surface area contributed by atoms with Gasteiger partial charge in [0.05, 0.1) is 5.69 Å². The number of nitrogens with one attached hydrogen (secondary N) is 1. The molecule has 0 radical (unpaired) electrons. The van der Waals surface area contributed by atoms with Gasteiger partial charge in [0.15, 0.2) is 5.09 Å². The predicted octanol–water partition coefficient (Wildman–Crippen LogP) is 6.87. The van der Waals surface area contributed by atoms with E-state index in [1.807, 2.05) is 43.3 Å². The maximum absolute atomic E-state index is 13.4. The molecule has 7 heteroatoms. The minimum Gasteiger partial charge on any atom is -0.450 e. The van der Waals surface area contributed by atoms with Gasteiger partial charge in [-0.2, -0.15) is 0 Å². The zero-order valence-electron chi connectivity index (χ0n) is 21.8. The molecule has 4 bridgehead atoms. The van der Waals surface area contributed by atoms with Crippen molar-refractivity contribution in [1.82, 2.24) is 5.32 Å². The average molecular weight is 539 g/mol. The summed E-state index contributed by atoms with van der Waals surface area (Å²) in [6.45, 7) is 2.03. The molecule has 5 aliphatic rings. The molecule has 8 rings (SSSR count). The highest BCUT2D eigenvalue weighted by atomic mass is 32.2. The summed E-state index contributed by atoms with van der Waals surface area (Å²) in [5.74, 6) is 1.49. The van der Waals surface area contributed by atoms with Crippen LogP contribution in [0.15, 0.2) is 80.6 Å². The van der Waals surface area contributed by atoms with Crippen LogP contribution < -0.4 is 10.2 Å². The molecule has 4 aliphatic carbocycles. The second-order valence-electron chi connectivity index (χ2n) is 11.8. The van der Waals surface area contributed by atoms with E-state index in [1.54, 1.807) is 12.1 Å². The van der Waals surface area contributed by atoms with Gasteiger partial charge in [-0.15, -0.1) is 0 Å². The van der Waals surface area contributed by atoms with Crippen molar-refractivity contribution in [2.45, 2.75) is 60.9 Å². The van der Waals surface area contributed by atoms with Gasteiger partial charge in [-0.05, 0) is 117 Å². The molecule has 0 atom stereocenters. The second-order valence-corrected chi connectivity index (χ2v) is 12.9. The van der Waals surface area contributed by atoms with Crippen molar-refractivity contribution in [2.75, 3.05) is 4.90 Å². The van der Waals surface area contributed by atoms with E-state index in [2.05, 4.69) is 17.4 Å². The van der Waals surface area contributed by atoms with E-state index in [0.29, 0.717) is 16.5 Å². The third-order valence-corrected chi connectivity index (χ3v) is 9.93. The summed E-state index contributed by atoms with van der Waals surface area (Å²) >= 11 is 1.45. The van der Waals surface area contributed by atoms with Crippen molar-refractivity contribution in [3.63, 3.8) is 0 Å². The zero-order chi connectivity index (χ0) is 26.7. The number of rotatable bonds is 5. The van der Waals surface area contributed by atoms with Crippen LogP contribution in [0.2, 0.25) is 0 Å². The van der Waals surface area contributed by atoms with Gasteiger partial charge in [0.25, 0.3) is 11.8 Å². The number of amides is 4. The smallest absolute Gasteiger partial charge is 0.335 e. The van der Waals surface area contributed by atoms with Gasteiger partial charge < -0.3 is 4.42 Å². The first kappa shape index (κ1) is 24.5. The van der Waals surface area contributed by atoms with Gasteiger partial charge in [0, 0.05) is 4.90 Å². The molecular weight excluding hydrogens is 508 g/mol. The molecule has 0 spiro atoms. The third-order valence-electron chi connectivity index (χ3n) is 9.01. The van der Waals surface area contributed by atoms with E-state index in [1.165, 1.54) is 67.5 Å². The number of carbonyl (C=O) groups excluding carboxylic acids is 3. The molecule has 2 aromatic carbocycles. The van der Waals surface area contributed by atoms with Crippen LogP contribution in [-0.4, -0.2) is 17.8 Å². The number of anilines is 1. The molecule has 1 saturated heterocycles. The van der Waals surface area contributed by atoms with Crippen LogP contribution in [0.1, 0.15) is 55.4 Å². The second kappa shape index (κ2) is 9.26. The minimum absolute atomic E-state index is 0.138. The number of nitrogens with zero attached hydrogens (tertiary/aromatic N) is 1. The molecule has 1 aromatic heterocycles. The Morgan fingerprint density at radius 2 is 1.51 bits per heavy atom. The van der Waals surface area contributed by atoms with Crippen molar-refractivity contribution < 1.29 is 18.8 Å². The Bertz CT molecular complexity index is 1470. The minimum atomic E-state index is -0.736. The lowest BCUT2D eigenvalue weighted by Crippen LogP contribution is -2.54. The number of furan rings is 1. The monoisotopic (exact) mass is 538 g/mol. The Balaban J connectivity index is 1.12. The first-order chi connectivity index (χ1) is 18.8. The summed E-state index contributed by atoms with van der Waals surface area (Å²) < 4.78 is 5.87. The van der Waals surface area contributed by atoms with Crippen LogP contribution in [-0.2, 0) is 15.0 Å². The highest BCUT2D eigenvalue weighted by molar-refractivity contribution is 7.99. The van der Waals surface area contributed by atoms with Crippen LogP contribution >= 0.6 is 11.8 Å². The lowest BCUT2D eigenvalue weighted by atomic mass is 9.48. The van der Waals surface area contributed by atoms with Crippen LogP contribution in [0.4, 0.5) is 10.5 Å². The van der Waals surface area contributed by atoms with Gasteiger partial charge >= 0.3 is 6.03 Å². The highest BCUT2D eigenvalue weighted by Crippen LogP contribution is 2.60. The Hall–Kier alpha value is -3.58.